The molecule has 0 saturated heterocycles. The van der Waals surface area contributed by atoms with Gasteiger partial charge in [-0.1, -0.05) is 17.7 Å². The highest BCUT2D eigenvalue weighted by Crippen LogP contribution is 2.25. The van der Waals surface area contributed by atoms with Gasteiger partial charge in [0, 0.05) is 9.50 Å². The molecule has 126 valence electrons. The third-order valence-corrected chi connectivity index (χ3v) is 4.11. The van der Waals surface area contributed by atoms with Gasteiger partial charge in [-0.3, -0.25) is 4.79 Å². The molecule has 0 aliphatic heterocycles. The molecule has 0 fully saturated rings. The number of aromatic hydroxyl groups is 1. The Hall–Kier alpha value is -2.05. The summed E-state index contributed by atoms with van der Waals surface area (Å²) in [6.45, 7) is 3.38. The van der Waals surface area contributed by atoms with Gasteiger partial charge in [-0.15, -0.1) is 0 Å². The number of anilines is 1. The monoisotopic (exact) mass is 411 g/mol. The van der Waals surface area contributed by atoms with Gasteiger partial charge >= 0.3 is 5.97 Å². The van der Waals surface area contributed by atoms with Crippen molar-refractivity contribution in [1.82, 2.24) is 0 Å². The lowest BCUT2D eigenvalue weighted by molar-refractivity contribution is -0.123. The van der Waals surface area contributed by atoms with E-state index in [-0.39, 0.29) is 11.3 Å². The fourth-order valence-electron chi connectivity index (χ4n) is 1.91. The summed E-state index contributed by atoms with van der Waals surface area (Å²) in [5.74, 6) is -1.60. The SMILES string of the molecule is Cc1ccc(NC(=O)[C@@H](C)OC(=O)c2ccc(Cl)cc2O)c(Br)c1. The molecule has 2 N–H and O–H groups in total. The Kier molecular flexibility index (Phi) is 5.85. The number of rotatable bonds is 4. The zero-order valence-electron chi connectivity index (χ0n) is 13.0. The van der Waals surface area contributed by atoms with Crippen LogP contribution in [-0.4, -0.2) is 23.1 Å². The molecule has 0 spiro atoms. The Morgan fingerprint density at radius 3 is 2.58 bits per heavy atom. The standard InChI is InChI=1S/C17H15BrClNO4/c1-9-3-6-14(13(18)7-9)20-16(22)10(2)24-17(23)12-5-4-11(19)8-15(12)21/h3-8,10,21H,1-2H3,(H,20,22)/t10-/m1/s1. The number of hydrogen-bond donors (Lipinski definition) is 2. The number of aryl methyl sites for hydroxylation is 1. The maximum atomic E-state index is 12.2. The zero-order chi connectivity index (χ0) is 17.9. The molecule has 1 atom stereocenters. The second-order valence-electron chi connectivity index (χ2n) is 5.18. The molecule has 0 aromatic heterocycles. The van der Waals surface area contributed by atoms with Crippen LogP contribution in [-0.2, 0) is 9.53 Å². The van der Waals surface area contributed by atoms with Crippen LogP contribution in [0.2, 0.25) is 5.02 Å². The van der Waals surface area contributed by atoms with Crippen molar-refractivity contribution in [2.45, 2.75) is 20.0 Å². The predicted octanol–water partition coefficient (Wildman–Crippen LogP) is 4.30. The van der Waals surface area contributed by atoms with Crippen LogP contribution in [0.4, 0.5) is 5.69 Å². The van der Waals surface area contributed by atoms with Crippen LogP contribution >= 0.6 is 27.5 Å². The van der Waals surface area contributed by atoms with Crippen molar-refractivity contribution < 1.29 is 19.4 Å². The van der Waals surface area contributed by atoms with E-state index in [2.05, 4.69) is 21.2 Å². The summed E-state index contributed by atoms with van der Waals surface area (Å²) in [5, 5.41) is 12.7. The van der Waals surface area contributed by atoms with Crippen LogP contribution in [0.15, 0.2) is 40.9 Å². The second-order valence-corrected chi connectivity index (χ2v) is 6.47. The van der Waals surface area contributed by atoms with Crippen LogP contribution in [0.1, 0.15) is 22.8 Å². The van der Waals surface area contributed by atoms with Crippen molar-refractivity contribution in [3.8, 4) is 5.75 Å². The number of esters is 1. The first-order chi connectivity index (χ1) is 11.3. The molecule has 0 aliphatic rings. The van der Waals surface area contributed by atoms with E-state index < -0.39 is 18.0 Å². The Labute approximate surface area is 152 Å². The van der Waals surface area contributed by atoms with Gasteiger partial charge in [0.1, 0.15) is 11.3 Å². The molecule has 0 heterocycles. The van der Waals surface area contributed by atoms with Crippen molar-refractivity contribution in [3.05, 3.63) is 57.0 Å². The number of nitrogens with one attached hydrogen (secondary N) is 1. The quantitative estimate of drug-likeness (QED) is 0.734. The minimum atomic E-state index is -1.04. The van der Waals surface area contributed by atoms with Crippen molar-refractivity contribution >= 4 is 45.1 Å². The summed E-state index contributed by atoms with van der Waals surface area (Å²) in [6, 6.07) is 9.47. The fourth-order valence-corrected chi connectivity index (χ4v) is 2.67. The van der Waals surface area contributed by atoms with Gasteiger partial charge in [0.15, 0.2) is 6.10 Å². The number of phenolic OH excluding ortho intramolecular Hbond substituents is 1. The first-order valence-electron chi connectivity index (χ1n) is 7.04. The van der Waals surface area contributed by atoms with Gasteiger partial charge in [0.25, 0.3) is 5.91 Å². The van der Waals surface area contributed by atoms with Gasteiger partial charge in [-0.05, 0) is 65.7 Å². The number of benzene rings is 2. The third-order valence-electron chi connectivity index (χ3n) is 3.22. The van der Waals surface area contributed by atoms with Crippen molar-refractivity contribution in [2.75, 3.05) is 5.32 Å². The Bertz CT molecular complexity index is 794. The molecule has 24 heavy (non-hydrogen) atoms. The van der Waals surface area contributed by atoms with Crippen LogP contribution in [0, 0.1) is 6.92 Å². The summed E-state index contributed by atoms with van der Waals surface area (Å²) in [4.78, 5) is 24.2. The summed E-state index contributed by atoms with van der Waals surface area (Å²) >= 11 is 9.07. The number of carbonyl (C=O) groups excluding carboxylic acids is 2. The van der Waals surface area contributed by atoms with E-state index in [4.69, 9.17) is 16.3 Å². The largest absolute Gasteiger partial charge is 0.507 e. The summed E-state index contributed by atoms with van der Waals surface area (Å²) in [7, 11) is 0. The maximum absolute atomic E-state index is 12.2. The average molecular weight is 413 g/mol. The minimum absolute atomic E-state index is 0.0597. The maximum Gasteiger partial charge on any atom is 0.342 e. The van der Waals surface area contributed by atoms with E-state index in [0.717, 1.165) is 10.0 Å². The first-order valence-corrected chi connectivity index (χ1v) is 8.21. The van der Waals surface area contributed by atoms with E-state index in [1.54, 1.807) is 6.07 Å². The molecule has 0 bridgehead atoms. The lowest BCUT2D eigenvalue weighted by Crippen LogP contribution is -2.30. The molecule has 0 radical (unpaired) electrons. The van der Waals surface area contributed by atoms with Crippen LogP contribution < -0.4 is 5.32 Å². The highest BCUT2D eigenvalue weighted by Gasteiger charge is 2.21. The number of hydrogen-bond acceptors (Lipinski definition) is 4. The number of carbonyl (C=O) groups is 2. The van der Waals surface area contributed by atoms with E-state index in [1.165, 1.54) is 25.1 Å². The third kappa shape index (κ3) is 4.49. The molecular formula is C17H15BrClNO4. The molecule has 7 heteroatoms. The predicted molar refractivity (Wildman–Crippen MR) is 95.5 cm³/mol. The minimum Gasteiger partial charge on any atom is -0.507 e. The average Bonchev–Trinajstić information content (AvgIpc) is 2.49. The highest BCUT2D eigenvalue weighted by atomic mass is 79.9. The van der Waals surface area contributed by atoms with E-state index in [9.17, 15) is 14.7 Å². The molecule has 2 aromatic rings. The number of phenols is 1. The van der Waals surface area contributed by atoms with Gasteiger partial charge in [-0.25, -0.2) is 4.79 Å². The Balaban J connectivity index is 2.04. The molecule has 0 saturated carbocycles. The fraction of sp³-hybridized carbons (Fsp3) is 0.176. The molecular weight excluding hydrogens is 398 g/mol. The van der Waals surface area contributed by atoms with Gasteiger partial charge in [0.05, 0.1) is 5.69 Å². The Morgan fingerprint density at radius 2 is 1.96 bits per heavy atom. The topological polar surface area (TPSA) is 75.6 Å². The number of ether oxygens (including phenoxy) is 1. The lowest BCUT2D eigenvalue weighted by Gasteiger charge is -2.15. The lowest BCUT2D eigenvalue weighted by atomic mass is 10.2. The van der Waals surface area contributed by atoms with E-state index in [1.807, 2.05) is 19.1 Å². The van der Waals surface area contributed by atoms with Gasteiger partial charge < -0.3 is 15.2 Å². The number of amides is 1. The molecule has 1 amide bonds. The molecule has 2 aromatic carbocycles. The first kappa shape index (κ1) is 18.3. The molecule has 0 aliphatic carbocycles. The van der Waals surface area contributed by atoms with Crippen LogP contribution in [0.5, 0.6) is 5.75 Å². The van der Waals surface area contributed by atoms with E-state index in [0.29, 0.717) is 10.7 Å². The number of halogens is 2. The van der Waals surface area contributed by atoms with E-state index >= 15 is 0 Å². The smallest absolute Gasteiger partial charge is 0.342 e. The second kappa shape index (κ2) is 7.68. The van der Waals surface area contributed by atoms with Gasteiger partial charge in [-0.2, -0.15) is 0 Å². The van der Waals surface area contributed by atoms with Crippen molar-refractivity contribution in [3.63, 3.8) is 0 Å². The Morgan fingerprint density at radius 1 is 1.25 bits per heavy atom. The summed E-state index contributed by atoms with van der Waals surface area (Å²) in [5.41, 5.74) is 1.55. The van der Waals surface area contributed by atoms with Crippen LogP contribution in [0.25, 0.3) is 0 Å². The summed E-state index contributed by atoms with van der Waals surface area (Å²) in [6.07, 6.45) is -1.04. The zero-order valence-corrected chi connectivity index (χ0v) is 15.3. The van der Waals surface area contributed by atoms with Crippen molar-refractivity contribution in [2.24, 2.45) is 0 Å². The molecule has 0 unspecified atom stereocenters. The van der Waals surface area contributed by atoms with Crippen LogP contribution in [0.3, 0.4) is 0 Å². The van der Waals surface area contributed by atoms with Crippen molar-refractivity contribution in [1.29, 1.82) is 0 Å². The normalized spacial score (nSPS) is 11.7. The molecule has 2 rings (SSSR count). The molecule has 5 nitrogen and oxygen atoms in total. The summed E-state index contributed by atoms with van der Waals surface area (Å²) < 4.78 is 5.81. The highest BCUT2D eigenvalue weighted by molar-refractivity contribution is 9.10. The van der Waals surface area contributed by atoms with Gasteiger partial charge in [0.2, 0.25) is 0 Å².